The maximum Gasteiger partial charge on any atom is 0.243 e. The molecule has 1 aromatic rings. The Bertz CT molecular complexity index is 554. The van der Waals surface area contributed by atoms with Gasteiger partial charge < -0.3 is 5.32 Å². The fourth-order valence-electron chi connectivity index (χ4n) is 2.64. The number of nitrogens with one attached hydrogen (secondary N) is 1. The zero-order valence-corrected chi connectivity index (χ0v) is 14.0. The van der Waals surface area contributed by atoms with E-state index in [2.05, 4.69) is 26.1 Å². The van der Waals surface area contributed by atoms with Crippen LogP contribution in [0.5, 0.6) is 0 Å². The summed E-state index contributed by atoms with van der Waals surface area (Å²) in [6.45, 7) is 9.32. The minimum Gasteiger partial charge on any atom is -0.313 e. The van der Waals surface area contributed by atoms with Crippen LogP contribution < -0.4 is 5.32 Å². The molecule has 2 atom stereocenters. The molecule has 4 nitrogen and oxygen atoms in total. The van der Waals surface area contributed by atoms with Gasteiger partial charge in [-0.3, -0.25) is 0 Å². The molecule has 21 heavy (non-hydrogen) atoms. The van der Waals surface area contributed by atoms with E-state index in [-0.39, 0.29) is 0 Å². The quantitative estimate of drug-likeness (QED) is 0.909. The number of sulfonamides is 1. The first-order valence-electron chi connectivity index (χ1n) is 7.75. The lowest BCUT2D eigenvalue weighted by Crippen LogP contribution is -2.42. The van der Waals surface area contributed by atoms with Crippen molar-refractivity contribution in [1.82, 2.24) is 9.62 Å². The summed E-state index contributed by atoms with van der Waals surface area (Å²) in [5, 5.41) is 3.24. The second-order valence-electron chi connectivity index (χ2n) is 6.03. The Morgan fingerprint density at radius 3 is 2.43 bits per heavy atom. The Morgan fingerprint density at radius 2 is 1.86 bits per heavy atom. The highest BCUT2D eigenvalue weighted by molar-refractivity contribution is 7.89. The average molecular weight is 310 g/mol. The van der Waals surface area contributed by atoms with Crippen molar-refractivity contribution in [1.29, 1.82) is 0 Å². The number of hydrogen-bond acceptors (Lipinski definition) is 3. The molecule has 1 aliphatic heterocycles. The zero-order chi connectivity index (χ0) is 15.5. The van der Waals surface area contributed by atoms with Gasteiger partial charge in [-0.2, -0.15) is 4.31 Å². The van der Waals surface area contributed by atoms with Gasteiger partial charge in [0, 0.05) is 19.6 Å². The SMILES string of the molecule is CCNCc1ccc(S(=O)(=O)N2CCC(C)C(C)C2)cc1. The van der Waals surface area contributed by atoms with Crippen LogP contribution in [0.1, 0.15) is 32.8 Å². The van der Waals surface area contributed by atoms with Gasteiger partial charge in [0.2, 0.25) is 10.0 Å². The molecule has 0 aliphatic carbocycles. The molecule has 1 heterocycles. The third kappa shape index (κ3) is 3.84. The molecule has 0 saturated carbocycles. The summed E-state index contributed by atoms with van der Waals surface area (Å²) < 4.78 is 27.0. The van der Waals surface area contributed by atoms with E-state index in [1.54, 1.807) is 16.4 Å². The van der Waals surface area contributed by atoms with Crippen LogP contribution in [0.15, 0.2) is 29.2 Å². The Labute approximate surface area is 128 Å². The van der Waals surface area contributed by atoms with E-state index in [4.69, 9.17) is 0 Å². The molecule has 0 radical (unpaired) electrons. The number of rotatable bonds is 5. The van der Waals surface area contributed by atoms with Crippen LogP contribution in [0.2, 0.25) is 0 Å². The van der Waals surface area contributed by atoms with Gasteiger partial charge in [0.15, 0.2) is 0 Å². The van der Waals surface area contributed by atoms with Gasteiger partial charge in [0.05, 0.1) is 4.90 Å². The Balaban J connectivity index is 2.12. The molecule has 0 amide bonds. The van der Waals surface area contributed by atoms with Crippen molar-refractivity contribution >= 4 is 10.0 Å². The number of nitrogens with zero attached hydrogens (tertiary/aromatic N) is 1. The minimum atomic E-state index is -3.34. The normalized spacial score (nSPS) is 24.1. The first kappa shape index (κ1) is 16.5. The fraction of sp³-hybridized carbons (Fsp3) is 0.625. The van der Waals surface area contributed by atoms with Crippen LogP contribution in [-0.2, 0) is 16.6 Å². The lowest BCUT2D eigenvalue weighted by molar-refractivity contribution is 0.212. The van der Waals surface area contributed by atoms with Gasteiger partial charge in [-0.15, -0.1) is 0 Å². The lowest BCUT2D eigenvalue weighted by atomic mass is 9.90. The van der Waals surface area contributed by atoms with Crippen LogP contribution >= 0.6 is 0 Å². The molecule has 0 spiro atoms. The van der Waals surface area contributed by atoms with E-state index in [1.807, 2.05) is 12.1 Å². The van der Waals surface area contributed by atoms with Crippen LogP contribution in [0.4, 0.5) is 0 Å². The average Bonchev–Trinajstić information content (AvgIpc) is 2.48. The van der Waals surface area contributed by atoms with Crippen molar-refractivity contribution in [2.24, 2.45) is 11.8 Å². The Hall–Kier alpha value is -0.910. The van der Waals surface area contributed by atoms with Crippen LogP contribution in [-0.4, -0.2) is 32.4 Å². The zero-order valence-electron chi connectivity index (χ0n) is 13.2. The molecule has 5 heteroatoms. The second kappa shape index (κ2) is 6.90. The van der Waals surface area contributed by atoms with E-state index in [1.165, 1.54) is 0 Å². The summed E-state index contributed by atoms with van der Waals surface area (Å²) in [5.74, 6) is 1.01. The largest absolute Gasteiger partial charge is 0.313 e. The van der Waals surface area contributed by atoms with Crippen LogP contribution in [0.3, 0.4) is 0 Å². The van der Waals surface area contributed by atoms with Crippen molar-refractivity contribution in [3.8, 4) is 0 Å². The number of hydrogen-bond donors (Lipinski definition) is 1. The lowest BCUT2D eigenvalue weighted by Gasteiger charge is -2.34. The minimum absolute atomic E-state index is 0.407. The fourth-order valence-corrected chi connectivity index (χ4v) is 4.20. The third-order valence-corrected chi connectivity index (χ3v) is 6.32. The Morgan fingerprint density at radius 1 is 1.19 bits per heavy atom. The van der Waals surface area contributed by atoms with Gasteiger partial charge in [-0.05, 0) is 42.5 Å². The monoisotopic (exact) mass is 310 g/mol. The molecule has 1 saturated heterocycles. The summed E-state index contributed by atoms with van der Waals surface area (Å²) in [6.07, 6.45) is 0.943. The van der Waals surface area contributed by atoms with Gasteiger partial charge in [0.25, 0.3) is 0 Å². The topological polar surface area (TPSA) is 49.4 Å². The maximum atomic E-state index is 12.7. The van der Waals surface area contributed by atoms with Gasteiger partial charge >= 0.3 is 0 Å². The Kier molecular flexibility index (Phi) is 5.41. The first-order valence-corrected chi connectivity index (χ1v) is 9.19. The van der Waals surface area contributed by atoms with E-state index in [0.717, 1.165) is 25.1 Å². The third-order valence-electron chi connectivity index (χ3n) is 4.44. The van der Waals surface area contributed by atoms with Gasteiger partial charge in [0.1, 0.15) is 0 Å². The molecule has 2 unspecified atom stereocenters. The van der Waals surface area contributed by atoms with E-state index in [9.17, 15) is 8.42 Å². The summed E-state index contributed by atoms with van der Waals surface area (Å²) in [6, 6.07) is 7.24. The smallest absolute Gasteiger partial charge is 0.243 e. The highest BCUT2D eigenvalue weighted by Crippen LogP contribution is 2.27. The van der Waals surface area contributed by atoms with Gasteiger partial charge in [-0.1, -0.05) is 32.9 Å². The van der Waals surface area contributed by atoms with Crippen molar-refractivity contribution < 1.29 is 8.42 Å². The van der Waals surface area contributed by atoms with Crippen LogP contribution in [0, 0.1) is 11.8 Å². The van der Waals surface area contributed by atoms with Gasteiger partial charge in [-0.25, -0.2) is 8.42 Å². The maximum absolute atomic E-state index is 12.7. The molecule has 1 aliphatic rings. The molecule has 1 aromatic carbocycles. The van der Waals surface area contributed by atoms with Crippen molar-refractivity contribution in [2.75, 3.05) is 19.6 Å². The standard InChI is InChI=1S/C16H26N2O2S/c1-4-17-11-15-5-7-16(8-6-15)21(19,20)18-10-9-13(2)14(3)12-18/h5-8,13-14,17H,4,9-12H2,1-3H3. The summed E-state index contributed by atoms with van der Waals surface area (Å²) in [4.78, 5) is 0.407. The van der Waals surface area contributed by atoms with Crippen LogP contribution in [0.25, 0.3) is 0 Å². The summed E-state index contributed by atoms with van der Waals surface area (Å²) in [7, 11) is -3.34. The first-order chi connectivity index (χ1) is 9.95. The van der Waals surface area contributed by atoms with E-state index < -0.39 is 10.0 Å². The number of benzene rings is 1. The van der Waals surface area contributed by atoms with Crippen molar-refractivity contribution in [3.05, 3.63) is 29.8 Å². The summed E-state index contributed by atoms with van der Waals surface area (Å²) >= 11 is 0. The predicted octanol–water partition coefficient (Wildman–Crippen LogP) is 2.46. The van der Waals surface area contributed by atoms with E-state index >= 15 is 0 Å². The molecule has 0 aromatic heterocycles. The summed E-state index contributed by atoms with van der Waals surface area (Å²) in [5.41, 5.74) is 1.11. The highest BCUT2D eigenvalue weighted by Gasteiger charge is 2.31. The molecular weight excluding hydrogens is 284 g/mol. The predicted molar refractivity (Wildman–Crippen MR) is 85.5 cm³/mol. The number of piperidine rings is 1. The molecule has 1 fully saturated rings. The molecule has 2 rings (SSSR count). The molecule has 0 bridgehead atoms. The second-order valence-corrected chi connectivity index (χ2v) is 7.97. The van der Waals surface area contributed by atoms with E-state index in [0.29, 0.717) is 29.8 Å². The molecular formula is C16H26N2O2S. The highest BCUT2D eigenvalue weighted by atomic mass is 32.2. The van der Waals surface area contributed by atoms with Crippen molar-refractivity contribution in [2.45, 2.75) is 38.6 Å². The molecule has 118 valence electrons. The van der Waals surface area contributed by atoms with Crippen molar-refractivity contribution in [3.63, 3.8) is 0 Å². The molecule has 1 N–H and O–H groups in total.